The van der Waals surface area contributed by atoms with Gasteiger partial charge in [0.05, 0.1) is 23.6 Å². The molecule has 0 aliphatic carbocycles. The van der Waals surface area contributed by atoms with Crippen LogP contribution in [0, 0.1) is 17.2 Å². The number of hydrogen-bond acceptors (Lipinski definition) is 5. The number of anilines is 1. The second-order valence-corrected chi connectivity index (χ2v) is 4.36. The Bertz CT molecular complexity index is 587. The lowest BCUT2D eigenvalue weighted by molar-refractivity contribution is 0.681. The highest BCUT2D eigenvalue weighted by Gasteiger charge is 2.16. The van der Waals surface area contributed by atoms with Crippen molar-refractivity contribution < 1.29 is 0 Å². The van der Waals surface area contributed by atoms with Gasteiger partial charge in [0.15, 0.2) is 5.65 Å². The smallest absolute Gasteiger partial charge is 0.226 e. The highest BCUT2D eigenvalue weighted by atomic mass is 35.5. The van der Waals surface area contributed by atoms with Crippen molar-refractivity contribution >= 4 is 28.5 Å². The van der Waals surface area contributed by atoms with Gasteiger partial charge >= 0.3 is 0 Å². The van der Waals surface area contributed by atoms with Crippen LogP contribution >= 0.6 is 11.6 Å². The fourth-order valence-corrected chi connectivity index (χ4v) is 1.94. The minimum absolute atomic E-state index is 0.0827. The molecule has 0 saturated carbocycles. The van der Waals surface area contributed by atoms with Gasteiger partial charge in [0.2, 0.25) is 5.28 Å². The lowest BCUT2D eigenvalue weighted by atomic mass is 10.2. The van der Waals surface area contributed by atoms with E-state index in [2.05, 4.69) is 26.2 Å². The van der Waals surface area contributed by atoms with Crippen molar-refractivity contribution in [1.82, 2.24) is 20.2 Å². The maximum absolute atomic E-state index is 8.90. The van der Waals surface area contributed by atoms with Gasteiger partial charge in [-0.25, -0.2) is 0 Å². The van der Waals surface area contributed by atoms with Gasteiger partial charge in [-0.2, -0.15) is 20.3 Å². The number of nitrogens with zero attached hydrogens (tertiary/aromatic N) is 5. The van der Waals surface area contributed by atoms with Crippen molar-refractivity contribution in [3.63, 3.8) is 0 Å². The molecule has 0 aliphatic heterocycles. The van der Waals surface area contributed by atoms with Crippen molar-refractivity contribution in [2.24, 2.45) is 5.92 Å². The summed E-state index contributed by atoms with van der Waals surface area (Å²) in [7, 11) is 0. The Balaban J connectivity index is 2.44. The molecule has 0 amide bonds. The van der Waals surface area contributed by atoms with Crippen LogP contribution < -0.4 is 4.90 Å². The van der Waals surface area contributed by atoms with E-state index in [-0.39, 0.29) is 11.2 Å². The third-order valence-electron chi connectivity index (χ3n) is 2.66. The molecule has 0 saturated heterocycles. The van der Waals surface area contributed by atoms with Gasteiger partial charge in [-0.1, -0.05) is 0 Å². The second kappa shape index (κ2) is 5.19. The monoisotopic (exact) mass is 264 g/mol. The molecule has 2 rings (SSSR count). The van der Waals surface area contributed by atoms with E-state index in [9.17, 15) is 0 Å². The van der Waals surface area contributed by atoms with E-state index in [0.717, 1.165) is 11.9 Å². The first-order valence-corrected chi connectivity index (χ1v) is 6.04. The molecular weight excluding hydrogens is 252 g/mol. The predicted molar refractivity (Wildman–Crippen MR) is 69.4 cm³/mol. The van der Waals surface area contributed by atoms with Crippen LogP contribution in [0.4, 0.5) is 5.82 Å². The van der Waals surface area contributed by atoms with E-state index in [1.807, 2.05) is 18.7 Å². The molecule has 0 radical (unpaired) electrons. The molecule has 0 fully saturated rings. The summed E-state index contributed by atoms with van der Waals surface area (Å²) < 4.78 is 0. The summed E-state index contributed by atoms with van der Waals surface area (Å²) in [6, 6.07) is 2.21. The number of fused-ring (bicyclic) bond motifs is 1. The number of nitrogens with one attached hydrogen (secondary N) is 1. The molecule has 94 valence electrons. The lowest BCUT2D eigenvalue weighted by Crippen LogP contribution is -2.28. The molecule has 0 aliphatic rings. The Morgan fingerprint density at radius 2 is 2.33 bits per heavy atom. The van der Waals surface area contributed by atoms with Crippen LogP contribution in [0.15, 0.2) is 6.20 Å². The average molecular weight is 265 g/mol. The SMILES string of the molecule is CCN(CC(C)C#N)c1nc(Cl)nc2[nH]ncc12. The van der Waals surface area contributed by atoms with Gasteiger partial charge < -0.3 is 4.90 Å². The molecule has 1 atom stereocenters. The molecule has 18 heavy (non-hydrogen) atoms. The zero-order valence-electron chi connectivity index (χ0n) is 10.2. The van der Waals surface area contributed by atoms with Crippen LogP contribution in [0.3, 0.4) is 0 Å². The van der Waals surface area contributed by atoms with Crippen molar-refractivity contribution in [2.75, 3.05) is 18.0 Å². The largest absolute Gasteiger partial charge is 0.355 e. The van der Waals surface area contributed by atoms with E-state index < -0.39 is 0 Å². The van der Waals surface area contributed by atoms with Gasteiger partial charge in [-0.3, -0.25) is 5.10 Å². The Morgan fingerprint density at radius 1 is 1.56 bits per heavy atom. The zero-order chi connectivity index (χ0) is 13.1. The summed E-state index contributed by atoms with van der Waals surface area (Å²) in [5.41, 5.74) is 0.605. The second-order valence-electron chi connectivity index (χ2n) is 4.02. The van der Waals surface area contributed by atoms with E-state index in [0.29, 0.717) is 18.0 Å². The molecule has 7 heteroatoms. The van der Waals surface area contributed by atoms with Crippen LogP contribution in [0.25, 0.3) is 11.0 Å². The normalized spacial score (nSPS) is 12.3. The Kier molecular flexibility index (Phi) is 3.63. The molecule has 1 N–H and O–H groups in total. The minimum Gasteiger partial charge on any atom is -0.355 e. The van der Waals surface area contributed by atoms with Gasteiger partial charge in [0, 0.05) is 13.1 Å². The van der Waals surface area contributed by atoms with Crippen molar-refractivity contribution in [3.05, 3.63) is 11.5 Å². The minimum atomic E-state index is -0.0827. The van der Waals surface area contributed by atoms with Gasteiger partial charge in [-0.05, 0) is 25.4 Å². The quantitative estimate of drug-likeness (QED) is 0.854. The Morgan fingerprint density at radius 3 is 3.00 bits per heavy atom. The van der Waals surface area contributed by atoms with Crippen molar-refractivity contribution in [1.29, 1.82) is 5.26 Å². The third-order valence-corrected chi connectivity index (χ3v) is 2.83. The molecule has 2 heterocycles. The highest BCUT2D eigenvalue weighted by molar-refractivity contribution is 6.28. The molecule has 0 spiro atoms. The molecule has 2 aromatic rings. The first-order valence-electron chi connectivity index (χ1n) is 5.66. The Labute approximate surface area is 110 Å². The summed E-state index contributed by atoms with van der Waals surface area (Å²) in [5, 5.41) is 16.6. The van der Waals surface area contributed by atoms with Crippen LogP contribution in [0.2, 0.25) is 5.28 Å². The molecule has 0 bridgehead atoms. The van der Waals surface area contributed by atoms with Crippen molar-refractivity contribution in [2.45, 2.75) is 13.8 Å². The molecule has 0 aromatic carbocycles. The fourth-order valence-electron chi connectivity index (χ4n) is 1.77. The van der Waals surface area contributed by atoms with Gasteiger partial charge in [0.25, 0.3) is 0 Å². The zero-order valence-corrected chi connectivity index (χ0v) is 10.9. The summed E-state index contributed by atoms with van der Waals surface area (Å²) >= 11 is 5.89. The van der Waals surface area contributed by atoms with Crippen LogP contribution in [0.5, 0.6) is 0 Å². The number of H-pyrrole nitrogens is 1. The maximum Gasteiger partial charge on any atom is 0.226 e. The number of aromatic amines is 1. The number of hydrogen-bond donors (Lipinski definition) is 1. The van der Waals surface area contributed by atoms with E-state index in [1.54, 1.807) is 6.20 Å². The van der Waals surface area contributed by atoms with Crippen LogP contribution in [-0.4, -0.2) is 33.3 Å². The fraction of sp³-hybridized carbons (Fsp3) is 0.455. The van der Waals surface area contributed by atoms with Crippen LogP contribution in [0.1, 0.15) is 13.8 Å². The summed E-state index contributed by atoms with van der Waals surface area (Å²) in [6.45, 7) is 5.21. The van der Waals surface area contributed by atoms with E-state index >= 15 is 0 Å². The topological polar surface area (TPSA) is 81.5 Å². The third kappa shape index (κ3) is 2.36. The first kappa shape index (κ1) is 12.6. The van der Waals surface area contributed by atoms with Crippen LogP contribution in [-0.2, 0) is 0 Å². The molecule has 6 nitrogen and oxygen atoms in total. The first-order chi connectivity index (χ1) is 8.65. The number of rotatable bonds is 4. The number of halogens is 1. The molecular formula is C11H13ClN6. The average Bonchev–Trinajstić information content (AvgIpc) is 2.82. The van der Waals surface area contributed by atoms with Crippen molar-refractivity contribution in [3.8, 4) is 6.07 Å². The number of nitriles is 1. The summed E-state index contributed by atoms with van der Waals surface area (Å²) in [5.74, 6) is 0.629. The standard InChI is InChI=1S/C11H13ClN6/c1-3-18(6-7(2)4-13)10-8-5-14-17-9(8)15-11(12)16-10/h5,7H,3,6H2,1-2H3,(H,14,15,16,17). The van der Waals surface area contributed by atoms with E-state index in [1.165, 1.54) is 0 Å². The van der Waals surface area contributed by atoms with E-state index in [4.69, 9.17) is 16.9 Å². The number of aromatic nitrogens is 4. The molecule has 2 aromatic heterocycles. The summed E-state index contributed by atoms with van der Waals surface area (Å²) in [4.78, 5) is 10.3. The summed E-state index contributed by atoms with van der Waals surface area (Å²) in [6.07, 6.45) is 1.67. The highest BCUT2D eigenvalue weighted by Crippen LogP contribution is 2.24. The van der Waals surface area contributed by atoms with Gasteiger partial charge in [0.1, 0.15) is 5.82 Å². The van der Waals surface area contributed by atoms with Gasteiger partial charge in [-0.15, -0.1) is 0 Å². The predicted octanol–water partition coefficient (Wildman–Crippen LogP) is 1.99. The molecule has 1 unspecified atom stereocenters. The Hall–Kier alpha value is -1.87. The lowest BCUT2D eigenvalue weighted by Gasteiger charge is -2.23. The maximum atomic E-state index is 8.90.